The fraction of sp³-hybridized carbons (Fsp3) is 0.600. The van der Waals surface area contributed by atoms with Crippen molar-refractivity contribution in [2.24, 2.45) is 11.5 Å². The van der Waals surface area contributed by atoms with Crippen molar-refractivity contribution in [3.8, 4) is 0 Å². The molecule has 0 spiro atoms. The van der Waals surface area contributed by atoms with Gasteiger partial charge in [-0.1, -0.05) is 12.2 Å². The Hall–Kier alpha value is -1.52. The number of nitrogens with two attached hydrogens (primary N) is 2. The topological polar surface area (TPSA) is 98.2 Å². The van der Waals surface area contributed by atoms with Crippen LogP contribution in [0.5, 0.6) is 0 Å². The van der Waals surface area contributed by atoms with Gasteiger partial charge in [-0.05, 0) is 25.7 Å². The molecule has 5 nitrogen and oxygen atoms in total. The third-order valence-electron chi connectivity index (χ3n) is 2.61. The lowest BCUT2D eigenvalue weighted by Gasteiger charge is -2.39. The number of amides is 3. The van der Waals surface area contributed by atoms with E-state index in [1.54, 1.807) is 0 Å². The first-order chi connectivity index (χ1) is 7.04. The SMILES string of the molecule is NC(=O)CCC=CC1(NC(N)=O)CCC1. The molecule has 84 valence electrons. The second kappa shape index (κ2) is 4.82. The molecule has 5 N–H and O–H groups in total. The Balaban J connectivity index is 2.38. The van der Waals surface area contributed by atoms with Crippen LogP contribution in [0.25, 0.3) is 0 Å². The van der Waals surface area contributed by atoms with E-state index in [1.807, 2.05) is 12.2 Å². The Morgan fingerprint density at radius 1 is 1.33 bits per heavy atom. The Morgan fingerprint density at radius 3 is 2.40 bits per heavy atom. The first-order valence-electron chi connectivity index (χ1n) is 5.08. The number of urea groups is 1. The van der Waals surface area contributed by atoms with E-state index in [-0.39, 0.29) is 11.4 Å². The molecule has 5 heteroatoms. The zero-order valence-electron chi connectivity index (χ0n) is 8.66. The quantitative estimate of drug-likeness (QED) is 0.573. The monoisotopic (exact) mass is 211 g/mol. The van der Waals surface area contributed by atoms with Crippen LogP contribution in [0.2, 0.25) is 0 Å². The summed E-state index contributed by atoms with van der Waals surface area (Å²) < 4.78 is 0. The summed E-state index contributed by atoms with van der Waals surface area (Å²) in [4.78, 5) is 21.2. The summed E-state index contributed by atoms with van der Waals surface area (Å²) in [6.07, 6.45) is 7.64. The molecule has 0 aromatic carbocycles. The molecule has 15 heavy (non-hydrogen) atoms. The predicted octanol–water partition coefficient (Wildman–Crippen LogP) is 0.399. The number of rotatable bonds is 5. The highest BCUT2D eigenvalue weighted by Crippen LogP contribution is 2.33. The summed E-state index contributed by atoms with van der Waals surface area (Å²) in [5.74, 6) is -0.315. The number of nitrogens with one attached hydrogen (secondary N) is 1. The molecule has 0 aliphatic heterocycles. The van der Waals surface area contributed by atoms with E-state index in [9.17, 15) is 9.59 Å². The molecule has 1 fully saturated rings. The molecule has 0 aromatic heterocycles. The highest BCUT2D eigenvalue weighted by Gasteiger charge is 2.35. The molecule has 3 amide bonds. The summed E-state index contributed by atoms with van der Waals surface area (Å²) in [6.45, 7) is 0. The average molecular weight is 211 g/mol. The Labute approximate surface area is 88.9 Å². The maximum atomic E-state index is 10.8. The molecule has 0 aromatic rings. The minimum absolute atomic E-state index is 0.274. The molecule has 1 aliphatic rings. The van der Waals surface area contributed by atoms with E-state index in [4.69, 9.17) is 11.5 Å². The third kappa shape index (κ3) is 3.61. The minimum Gasteiger partial charge on any atom is -0.370 e. The van der Waals surface area contributed by atoms with Gasteiger partial charge < -0.3 is 16.8 Å². The molecule has 1 saturated carbocycles. The van der Waals surface area contributed by atoms with Crippen molar-refractivity contribution >= 4 is 11.9 Å². The Bertz CT molecular complexity index is 282. The van der Waals surface area contributed by atoms with Gasteiger partial charge >= 0.3 is 6.03 Å². The molecule has 1 rings (SSSR count). The van der Waals surface area contributed by atoms with Crippen LogP contribution in [0, 0.1) is 0 Å². The lowest BCUT2D eigenvalue weighted by atomic mass is 9.76. The first kappa shape index (κ1) is 11.6. The van der Waals surface area contributed by atoms with E-state index in [2.05, 4.69) is 5.32 Å². The maximum Gasteiger partial charge on any atom is 0.312 e. The normalized spacial score (nSPS) is 18.4. The Kier molecular flexibility index (Phi) is 3.71. The maximum absolute atomic E-state index is 10.8. The number of allylic oxidation sites excluding steroid dienone is 1. The van der Waals surface area contributed by atoms with Crippen LogP contribution in [-0.2, 0) is 4.79 Å². The standard InChI is InChI=1S/C10H17N3O2/c11-8(14)4-1-2-5-10(6-3-7-10)13-9(12)15/h2,5H,1,3-4,6-7H2,(H2,11,14)(H3,12,13,15). The van der Waals surface area contributed by atoms with Crippen LogP contribution in [0.4, 0.5) is 4.79 Å². The highest BCUT2D eigenvalue weighted by atomic mass is 16.2. The van der Waals surface area contributed by atoms with Gasteiger partial charge in [0, 0.05) is 6.42 Å². The molecular weight excluding hydrogens is 194 g/mol. The van der Waals surface area contributed by atoms with E-state index >= 15 is 0 Å². The summed E-state index contributed by atoms with van der Waals surface area (Å²) in [5.41, 5.74) is 9.82. The van der Waals surface area contributed by atoms with Crippen LogP contribution in [0.1, 0.15) is 32.1 Å². The molecule has 1 aliphatic carbocycles. The van der Waals surface area contributed by atoms with E-state index in [1.165, 1.54) is 0 Å². The van der Waals surface area contributed by atoms with Gasteiger partial charge in [0.2, 0.25) is 5.91 Å². The van der Waals surface area contributed by atoms with Crippen molar-refractivity contribution in [3.05, 3.63) is 12.2 Å². The molecular formula is C10H17N3O2. The molecule has 0 saturated heterocycles. The summed E-state index contributed by atoms with van der Waals surface area (Å²) >= 11 is 0. The van der Waals surface area contributed by atoms with Gasteiger partial charge in [-0.15, -0.1) is 0 Å². The van der Waals surface area contributed by atoms with Crippen molar-refractivity contribution in [2.45, 2.75) is 37.6 Å². The second-order valence-corrected chi connectivity index (χ2v) is 3.91. The van der Waals surface area contributed by atoms with E-state index < -0.39 is 6.03 Å². The van der Waals surface area contributed by atoms with Gasteiger partial charge in [0.05, 0.1) is 5.54 Å². The summed E-state index contributed by atoms with van der Waals surface area (Å²) in [6, 6.07) is -0.505. The number of primary amides is 2. The third-order valence-corrected chi connectivity index (χ3v) is 2.61. The lowest BCUT2D eigenvalue weighted by Crippen LogP contribution is -2.53. The van der Waals surface area contributed by atoms with Crippen molar-refractivity contribution < 1.29 is 9.59 Å². The molecule has 0 bridgehead atoms. The van der Waals surface area contributed by atoms with Crippen molar-refractivity contribution in [2.75, 3.05) is 0 Å². The van der Waals surface area contributed by atoms with Gasteiger partial charge in [-0.25, -0.2) is 4.79 Å². The molecule has 0 heterocycles. The van der Waals surface area contributed by atoms with Crippen molar-refractivity contribution in [1.29, 1.82) is 0 Å². The van der Waals surface area contributed by atoms with Gasteiger partial charge in [0.1, 0.15) is 0 Å². The largest absolute Gasteiger partial charge is 0.370 e. The van der Waals surface area contributed by atoms with Crippen LogP contribution in [0.3, 0.4) is 0 Å². The first-order valence-corrected chi connectivity index (χ1v) is 5.08. The minimum atomic E-state index is -0.505. The van der Waals surface area contributed by atoms with E-state index in [0.717, 1.165) is 19.3 Å². The molecule has 0 unspecified atom stereocenters. The highest BCUT2D eigenvalue weighted by molar-refractivity contribution is 5.74. The molecule has 0 atom stereocenters. The zero-order valence-corrected chi connectivity index (χ0v) is 8.66. The van der Waals surface area contributed by atoms with Crippen molar-refractivity contribution in [1.82, 2.24) is 5.32 Å². The Morgan fingerprint density at radius 2 is 2.00 bits per heavy atom. The predicted molar refractivity (Wildman–Crippen MR) is 56.9 cm³/mol. The smallest absolute Gasteiger partial charge is 0.312 e. The van der Waals surface area contributed by atoms with Crippen LogP contribution < -0.4 is 16.8 Å². The number of hydrogen-bond donors (Lipinski definition) is 3. The van der Waals surface area contributed by atoms with E-state index in [0.29, 0.717) is 12.8 Å². The van der Waals surface area contributed by atoms with Crippen LogP contribution in [-0.4, -0.2) is 17.5 Å². The average Bonchev–Trinajstić information content (AvgIpc) is 2.06. The van der Waals surface area contributed by atoms with Crippen LogP contribution in [0.15, 0.2) is 12.2 Å². The fourth-order valence-corrected chi connectivity index (χ4v) is 1.67. The van der Waals surface area contributed by atoms with Gasteiger partial charge in [-0.2, -0.15) is 0 Å². The number of hydrogen-bond acceptors (Lipinski definition) is 2. The fourth-order valence-electron chi connectivity index (χ4n) is 1.67. The zero-order chi connectivity index (χ0) is 11.3. The summed E-state index contributed by atoms with van der Waals surface area (Å²) in [7, 11) is 0. The molecule has 0 radical (unpaired) electrons. The van der Waals surface area contributed by atoms with Gasteiger partial charge in [0.25, 0.3) is 0 Å². The number of carbonyl (C=O) groups is 2. The number of carbonyl (C=O) groups excluding carboxylic acids is 2. The lowest BCUT2D eigenvalue weighted by molar-refractivity contribution is -0.117. The van der Waals surface area contributed by atoms with Gasteiger partial charge in [0.15, 0.2) is 0 Å². The van der Waals surface area contributed by atoms with Crippen LogP contribution >= 0.6 is 0 Å². The van der Waals surface area contributed by atoms with Crippen molar-refractivity contribution in [3.63, 3.8) is 0 Å². The second-order valence-electron chi connectivity index (χ2n) is 3.91. The summed E-state index contributed by atoms with van der Waals surface area (Å²) in [5, 5.41) is 2.72. The van der Waals surface area contributed by atoms with Gasteiger partial charge in [-0.3, -0.25) is 4.79 Å².